The van der Waals surface area contributed by atoms with E-state index in [0.29, 0.717) is 13.2 Å². The van der Waals surface area contributed by atoms with Crippen LogP contribution in [0.15, 0.2) is 53.1 Å². The van der Waals surface area contributed by atoms with Crippen LogP contribution in [0.2, 0.25) is 0 Å². The molecule has 5 rings (SSSR count). The summed E-state index contributed by atoms with van der Waals surface area (Å²) in [6, 6.07) is 14.7. The Balaban J connectivity index is 1.63. The monoisotopic (exact) mass is 397 g/mol. The summed E-state index contributed by atoms with van der Waals surface area (Å²) in [5, 5.41) is 0. The molecule has 4 nitrogen and oxygen atoms in total. The van der Waals surface area contributed by atoms with Crippen molar-refractivity contribution in [2.45, 2.75) is 19.4 Å². The lowest BCUT2D eigenvalue weighted by Gasteiger charge is -2.18. The summed E-state index contributed by atoms with van der Waals surface area (Å²) in [5.41, 5.74) is 3.62. The third-order valence-corrected chi connectivity index (χ3v) is 5.39. The van der Waals surface area contributed by atoms with Crippen LogP contribution in [0.3, 0.4) is 0 Å². The second-order valence-electron chi connectivity index (χ2n) is 6.39. The molecule has 2 aliphatic heterocycles. The van der Waals surface area contributed by atoms with Crippen molar-refractivity contribution in [2.24, 2.45) is 0 Å². The van der Waals surface area contributed by atoms with Gasteiger partial charge in [-0.1, -0.05) is 15.9 Å². The Bertz CT molecular complexity index is 947. The van der Waals surface area contributed by atoms with Gasteiger partial charge in [-0.2, -0.15) is 4.57 Å². The van der Waals surface area contributed by atoms with E-state index < -0.39 is 0 Å². The lowest BCUT2D eigenvalue weighted by molar-refractivity contribution is -0.679. The summed E-state index contributed by atoms with van der Waals surface area (Å²) in [7, 11) is 0. The molecule has 0 aliphatic carbocycles. The van der Waals surface area contributed by atoms with Gasteiger partial charge in [0.1, 0.15) is 25.1 Å². The van der Waals surface area contributed by atoms with E-state index in [1.54, 1.807) is 0 Å². The zero-order valence-corrected chi connectivity index (χ0v) is 15.3. The lowest BCUT2D eigenvalue weighted by Crippen LogP contribution is -2.33. The summed E-state index contributed by atoms with van der Waals surface area (Å²) in [4.78, 5) is 0. The van der Waals surface area contributed by atoms with Crippen LogP contribution in [-0.4, -0.2) is 17.8 Å². The molecule has 0 saturated carbocycles. The second-order valence-corrected chi connectivity index (χ2v) is 7.31. The highest BCUT2D eigenvalue weighted by atomic mass is 79.9. The summed E-state index contributed by atoms with van der Waals surface area (Å²) in [5.74, 6) is 3.01. The first-order valence-electron chi connectivity index (χ1n) is 8.60. The van der Waals surface area contributed by atoms with Crippen molar-refractivity contribution in [1.29, 1.82) is 0 Å². The fraction of sp³-hybridized carbons (Fsp3) is 0.250. The Hall–Kier alpha value is -2.27. The molecule has 0 atom stereocenters. The van der Waals surface area contributed by atoms with Crippen LogP contribution in [-0.2, 0) is 13.0 Å². The molecule has 0 bridgehead atoms. The van der Waals surface area contributed by atoms with Crippen molar-refractivity contribution in [3.05, 3.63) is 59.0 Å². The van der Waals surface area contributed by atoms with Crippen LogP contribution >= 0.6 is 15.9 Å². The van der Waals surface area contributed by atoms with Gasteiger partial charge in [0.15, 0.2) is 17.2 Å². The fourth-order valence-corrected chi connectivity index (χ4v) is 3.96. The summed E-state index contributed by atoms with van der Waals surface area (Å²) in [6.45, 7) is 2.30. The minimum absolute atomic E-state index is 0.610. The number of aromatic nitrogens is 2. The molecule has 2 aliphatic rings. The molecule has 126 valence electrons. The Morgan fingerprint density at radius 1 is 0.960 bits per heavy atom. The van der Waals surface area contributed by atoms with Crippen LogP contribution in [0.1, 0.15) is 12.2 Å². The zero-order chi connectivity index (χ0) is 16.8. The van der Waals surface area contributed by atoms with Gasteiger partial charge in [-0.15, -0.1) is 0 Å². The Morgan fingerprint density at radius 2 is 1.76 bits per heavy atom. The molecule has 1 aromatic heterocycles. The smallest absolute Gasteiger partial charge is 0.262 e. The Labute approximate surface area is 154 Å². The van der Waals surface area contributed by atoms with Crippen molar-refractivity contribution in [1.82, 2.24) is 4.57 Å². The Kier molecular flexibility index (Phi) is 3.55. The number of nitrogens with zero attached hydrogens (tertiary/aromatic N) is 2. The van der Waals surface area contributed by atoms with Gasteiger partial charge in [0, 0.05) is 16.1 Å². The predicted octanol–water partition coefficient (Wildman–Crippen LogP) is 3.91. The molecule has 3 heterocycles. The average Bonchev–Trinajstić information content (AvgIpc) is 3.25. The van der Waals surface area contributed by atoms with Gasteiger partial charge in [0.25, 0.3) is 5.82 Å². The maximum atomic E-state index is 5.76. The van der Waals surface area contributed by atoms with Gasteiger partial charge >= 0.3 is 0 Å². The number of halogens is 1. The van der Waals surface area contributed by atoms with Gasteiger partial charge in [-0.25, -0.2) is 4.57 Å². The van der Waals surface area contributed by atoms with Crippen molar-refractivity contribution in [3.63, 3.8) is 0 Å². The highest BCUT2D eigenvalue weighted by Gasteiger charge is 2.30. The van der Waals surface area contributed by atoms with Gasteiger partial charge in [-0.05, 0) is 42.8 Å². The number of fused-ring (bicyclic) bond motifs is 2. The Morgan fingerprint density at radius 3 is 2.60 bits per heavy atom. The summed E-state index contributed by atoms with van der Waals surface area (Å²) < 4.78 is 17.2. The summed E-state index contributed by atoms with van der Waals surface area (Å²) >= 11 is 3.52. The van der Waals surface area contributed by atoms with Gasteiger partial charge in [0.05, 0.1) is 13.0 Å². The topological polar surface area (TPSA) is 27.3 Å². The van der Waals surface area contributed by atoms with Gasteiger partial charge < -0.3 is 9.47 Å². The molecule has 0 radical (unpaired) electrons. The second kappa shape index (κ2) is 5.92. The highest BCUT2D eigenvalue weighted by Crippen LogP contribution is 2.33. The average molecular weight is 398 g/mol. The highest BCUT2D eigenvalue weighted by molar-refractivity contribution is 9.10. The zero-order valence-electron chi connectivity index (χ0n) is 13.7. The molecular weight excluding hydrogens is 380 g/mol. The summed E-state index contributed by atoms with van der Waals surface area (Å²) in [6.07, 6.45) is 4.51. The number of imidazole rings is 1. The van der Waals surface area contributed by atoms with Crippen LogP contribution < -0.4 is 14.0 Å². The fourth-order valence-electron chi connectivity index (χ4n) is 3.69. The largest absolute Gasteiger partial charge is 0.486 e. The number of rotatable bonds is 2. The molecule has 5 heteroatoms. The number of hydrogen-bond donors (Lipinski definition) is 0. The SMILES string of the molecule is Brc1ccc(-c2cn(-c3ccc4c(c3)OCCO4)c3[n+]2CCC3)cc1. The normalized spacial score (nSPS) is 15.2. The quantitative estimate of drug-likeness (QED) is 0.613. The molecule has 2 aromatic carbocycles. The molecule has 0 saturated heterocycles. The lowest BCUT2D eigenvalue weighted by atomic mass is 10.1. The van der Waals surface area contributed by atoms with Gasteiger partial charge in [0.2, 0.25) is 0 Å². The first-order chi connectivity index (χ1) is 12.3. The van der Waals surface area contributed by atoms with E-state index in [-0.39, 0.29) is 0 Å². The van der Waals surface area contributed by atoms with Crippen LogP contribution in [0.5, 0.6) is 11.5 Å². The first-order valence-corrected chi connectivity index (χ1v) is 9.39. The van der Waals surface area contributed by atoms with E-state index in [1.165, 1.54) is 23.5 Å². The van der Waals surface area contributed by atoms with Crippen LogP contribution in [0, 0.1) is 0 Å². The van der Waals surface area contributed by atoms with Crippen LogP contribution in [0.4, 0.5) is 0 Å². The van der Waals surface area contributed by atoms with Crippen molar-refractivity contribution in [2.75, 3.05) is 13.2 Å². The third-order valence-electron chi connectivity index (χ3n) is 4.86. The van der Waals surface area contributed by atoms with E-state index in [1.807, 2.05) is 6.07 Å². The molecule has 3 aromatic rings. The first kappa shape index (κ1) is 15.0. The number of ether oxygens (including phenoxy) is 2. The molecule has 0 fully saturated rings. The molecule has 25 heavy (non-hydrogen) atoms. The van der Waals surface area contributed by atoms with Crippen molar-refractivity contribution < 1.29 is 14.0 Å². The van der Waals surface area contributed by atoms with E-state index in [2.05, 4.69) is 67.7 Å². The van der Waals surface area contributed by atoms with E-state index >= 15 is 0 Å². The molecule has 0 amide bonds. The minimum Gasteiger partial charge on any atom is -0.486 e. The number of benzene rings is 2. The maximum absolute atomic E-state index is 5.76. The molecular formula is C20H18BrN2O2+. The van der Waals surface area contributed by atoms with Crippen molar-refractivity contribution in [3.8, 4) is 28.4 Å². The third kappa shape index (κ3) is 2.54. The van der Waals surface area contributed by atoms with Crippen LogP contribution in [0.25, 0.3) is 16.9 Å². The predicted molar refractivity (Wildman–Crippen MR) is 98.4 cm³/mol. The molecule has 0 N–H and O–H groups in total. The molecule has 0 spiro atoms. The standard InChI is InChI=1S/C20H18BrN2O2/c21-15-5-3-14(4-6-15)17-13-23(20-2-1-9-22(17)20)16-7-8-18-19(12-16)25-11-10-24-18/h3-8,12-13H,1-2,9-11H2/q+1. The molecule has 0 unspecified atom stereocenters. The van der Waals surface area contributed by atoms with Gasteiger partial charge in [-0.3, -0.25) is 0 Å². The van der Waals surface area contributed by atoms with Crippen molar-refractivity contribution >= 4 is 15.9 Å². The van der Waals surface area contributed by atoms with E-state index in [0.717, 1.165) is 34.6 Å². The number of hydrogen-bond acceptors (Lipinski definition) is 2. The minimum atomic E-state index is 0.610. The van der Waals surface area contributed by atoms with E-state index in [9.17, 15) is 0 Å². The van der Waals surface area contributed by atoms with E-state index in [4.69, 9.17) is 9.47 Å². The maximum Gasteiger partial charge on any atom is 0.262 e.